The summed E-state index contributed by atoms with van der Waals surface area (Å²) in [4.78, 5) is 11.8. The minimum absolute atomic E-state index is 0.358. The molecule has 0 amide bonds. The third kappa shape index (κ3) is 4.57. The van der Waals surface area contributed by atoms with E-state index in [1.54, 1.807) is 0 Å². The van der Waals surface area contributed by atoms with E-state index in [0.29, 0.717) is 12.1 Å². The van der Waals surface area contributed by atoms with E-state index in [0.717, 1.165) is 31.5 Å². The van der Waals surface area contributed by atoms with E-state index >= 15 is 0 Å². The predicted molar refractivity (Wildman–Crippen MR) is 70.4 cm³/mol. The lowest BCUT2D eigenvalue weighted by Crippen LogP contribution is -2.25. The Morgan fingerprint density at radius 2 is 2.21 bits per heavy atom. The quantitative estimate of drug-likeness (QED) is 0.610. The number of nitro benzene ring substituents is 1. The van der Waals surface area contributed by atoms with Gasteiger partial charge in [-0.1, -0.05) is 19.4 Å². The largest absolute Gasteiger partial charge is 0.387 e. The zero-order valence-electron chi connectivity index (χ0n) is 11.2. The molecule has 1 unspecified atom stereocenters. The molecule has 1 aromatic rings. The average molecular weight is 270 g/mol. The maximum Gasteiger partial charge on any atom is 0.305 e. The summed E-state index contributed by atoms with van der Waals surface area (Å²) in [7, 11) is 1.87. The molecule has 0 heterocycles. The fourth-order valence-corrected chi connectivity index (χ4v) is 1.80. The Hall–Kier alpha value is -1.53. The van der Waals surface area contributed by atoms with Crippen molar-refractivity contribution in [2.45, 2.75) is 25.9 Å². The Kier molecular flexibility index (Phi) is 5.85. The van der Waals surface area contributed by atoms with Gasteiger partial charge in [0.15, 0.2) is 0 Å². The van der Waals surface area contributed by atoms with Gasteiger partial charge in [0.25, 0.3) is 0 Å². The molecule has 0 saturated heterocycles. The standard InChI is InChI=1S/C13H19FN2O3/c1-3-4-7-15(2)9-13(17)10-5-6-11(14)12(8-10)16(18)19/h5-6,8,13,17H,3-4,7,9H2,1-2H3. The van der Waals surface area contributed by atoms with E-state index in [1.165, 1.54) is 6.07 Å². The molecule has 0 aliphatic heterocycles. The van der Waals surface area contributed by atoms with Crippen LogP contribution in [0.4, 0.5) is 10.1 Å². The van der Waals surface area contributed by atoms with E-state index < -0.39 is 22.5 Å². The molecule has 0 aromatic heterocycles. The van der Waals surface area contributed by atoms with Crippen molar-refractivity contribution in [3.8, 4) is 0 Å². The van der Waals surface area contributed by atoms with Gasteiger partial charge in [0, 0.05) is 12.6 Å². The lowest BCUT2D eigenvalue weighted by atomic mass is 10.1. The monoisotopic (exact) mass is 270 g/mol. The summed E-state index contributed by atoms with van der Waals surface area (Å²) in [5.41, 5.74) is -0.246. The van der Waals surface area contributed by atoms with Gasteiger partial charge in [-0.3, -0.25) is 10.1 Å². The fourth-order valence-electron chi connectivity index (χ4n) is 1.80. The molecule has 1 N–H and O–H groups in total. The smallest absolute Gasteiger partial charge is 0.305 e. The highest BCUT2D eigenvalue weighted by Gasteiger charge is 2.18. The Morgan fingerprint density at radius 3 is 2.79 bits per heavy atom. The molecule has 0 fully saturated rings. The Balaban J connectivity index is 2.74. The number of nitrogens with zero attached hydrogens (tertiary/aromatic N) is 2. The van der Waals surface area contributed by atoms with E-state index in [-0.39, 0.29) is 0 Å². The number of unbranched alkanes of at least 4 members (excludes halogenated alkanes) is 1. The van der Waals surface area contributed by atoms with Crippen LogP contribution in [0.5, 0.6) is 0 Å². The molecular weight excluding hydrogens is 251 g/mol. The molecule has 0 bridgehead atoms. The normalized spacial score (nSPS) is 12.7. The summed E-state index contributed by atoms with van der Waals surface area (Å²) in [6.07, 6.45) is 1.22. The lowest BCUT2D eigenvalue weighted by molar-refractivity contribution is -0.387. The minimum Gasteiger partial charge on any atom is -0.387 e. The van der Waals surface area contributed by atoms with Crippen LogP contribution in [0.2, 0.25) is 0 Å². The first-order chi connectivity index (χ1) is 8.95. The summed E-state index contributed by atoms with van der Waals surface area (Å²) in [6.45, 7) is 3.28. The maximum absolute atomic E-state index is 13.2. The first-order valence-corrected chi connectivity index (χ1v) is 6.26. The van der Waals surface area contributed by atoms with Gasteiger partial charge in [0.1, 0.15) is 0 Å². The van der Waals surface area contributed by atoms with Crippen LogP contribution in [0.25, 0.3) is 0 Å². The van der Waals surface area contributed by atoms with E-state index in [2.05, 4.69) is 6.92 Å². The number of aliphatic hydroxyl groups excluding tert-OH is 1. The zero-order valence-corrected chi connectivity index (χ0v) is 11.2. The summed E-state index contributed by atoms with van der Waals surface area (Å²) in [5, 5.41) is 20.6. The van der Waals surface area contributed by atoms with Crippen LogP contribution in [0.15, 0.2) is 18.2 Å². The van der Waals surface area contributed by atoms with Crippen molar-refractivity contribution in [1.82, 2.24) is 4.90 Å². The zero-order chi connectivity index (χ0) is 14.4. The Labute approximate surface area is 111 Å². The number of likely N-dealkylation sites (N-methyl/N-ethyl adjacent to an activating group) is 1. The first kappa shape index (κ1) is 15.5. The SMILES string of the molecule is CCCCN(C)CC(O)c1ccc(F)c([N+](=O)[O-])c1. The van der Waals surface area contributed by atoms with Crippen LogP contribution < -0.4 is 0 Å². The maximum atomic E-state index is 13.2. The second-order valence-corrected chi connectivity index (χ2v) is 4.60. The van der Waals surface area contributed by atoms with Crippen LogP contribution in [-0.2, 0) is 0 Å². The van der Waals surface area contributed by atoms with Crippen LogP contribution in [0, 0.1) is 15.9 Å². The highest BCUT2D eigenvalue weighted by atomic mass is 19.1. The van der Waals surface area contributed by atoms with E-state index in [9.17, 15) is 19.6 Å². The molecule has 0 radical (unpaired) electrons. The molecule has 0 aliphatic carbocycles. The molecule has 0 saturated carbocycles. The predicted octanol–water partition coefficient (Wildman–Crippen LogP) is 2.50. The topological polar surface area (TPSA) is 66.6 Å². The van der Waals surface area contributed by atoms with Gasteiger partial charge in [-0.05, 0) is 31.6 Å². The van der Waals surface area contributed by atoms with Crippen molar-refractivity contribution in [1.29, 1.82) is 0 Å². The van der Waals surface area contributed by atoms with Gasteiger partial charge >= 0.3 is 5.69 Å². The van der Waals surface area contributed by atoms with Gasteiger partial charge < -0.3 is 10.0 Å². The van der Waals surface area contributed by atoms with Crippen molar-refractivity contribution < 1.29 is 14.4 Å². The van der Waals surface area contributed by atoms with Crippen LogP contribution in [0.3, 0.4) is 0 Å². The number of hydrogen-bond donors (Lipinski definition) is 1. The minimum atomic E-state index is -0.889. The molecule has 19 heavy (non-hydrogen) atoms. The molecule has 1 rings (SSSR count). The van der Waals surface area contributed by atoms with Crippen LogP contribution >= 0.6 is 0 Å². The molecule has 1 aromatic carbocycles. The molecule has 106 valence electrons. The Bertz CT molecular complexity index is 440. The number of aliphatic hydroxyl groups is 1. The molecule has 6 heteroatoms. The number of rotatable bonds is 7. The van der Waals surface area contributed by atoms with Gasteiger partial charge in [0.05, 0.1) is 11.0 Å². The van der Waals surface area contributed by atoms with Crippen molar-refractivity contribution in [3.63, 3.8) is 0 Å². The van der Waals surface area contributed by atoms with Crippen LogP contribution in [0.1, 0.15) is 31.4 Å². The molecule has 0 aliphatic rings. The van der Waals surface area contributed by atoms with Gasteiger partial charge in [0.2, 0.25) is 5.82 Å². The van der Waals surface area contributed by atoms with Gasteiger partial charge in [-0.2, -0.15) is 4.39 Å². The van der Waals surface area contributed by atoms with E-state index in [1.807, 2.05) is 11.9 Å². The second-order valence-electron chi connectivity index (χ2n) is 4.60. The van der Waals surface area contributed by atoms with Crippen molar-refractivity contribution in [2.75, 3.05) is 20.1 Å². The summed E-state index contributed by atoms with van der Waals surface area (Å²) in [6, 6.07) is 3.48. The molecule has 5 nitrogen and oxygen atoms in total. The van der Waals surface area contributed by atoms with Crippen molar-refractivity contribution in [3.05, 3.63) is 39.7 Å². The third-order valence-electron chi connectivity index (χ3n) is 2.93. The summed E-state index contributed by atoms with van der Waals surface area (Å²) < 4.78 is 13.2. The Morgan fingerprint density at radius 1 is 1.53 bits per heavy atom. The lowest BCUT2D eigenvalue weighted by Gasteiger charge is -2.20. The van der Waals surface area contributed by atoms with Gasteiger partial charge in [-0.15, -0.1) is 0 Å². The van der Waals surface area contributed by atoms with Crippen molar-refractivity contribution in [2.24, 2.45) is 0 Å². The number of nitro groups is 1. The number of hydrogen-bond acceptors (Lipinski definition) is 4. The van der Waals surface area contributed by atoms with Crippen LogP contribution in [-0.4, -0.2) is 35.1 Å². The number of halogens is 1. The average Bonchev–Trinajstić information content (AvgIpc) is 2.36. The number of benzene rings is 1. The highest BCUT2D eigenvalue weighted by Crippen LogP contribution is 2.23. The summed E-state index contributed by atoms with van der Waals surface area (Å²) in [5.74, 6) is -0.889. The summed E-state index contributed by atoms with van der Waals surface area (Å²) >= 11 is 0. The first-order valence-electron chi connectivity index (χ1n) is 6.26. The van der Waals surface area contributed by atoms with E-state index in [4.69, 9.17) is 0 Å². The highest BCUT2D eigenvalue weighted by molar-refractivity contribution is 5.37. The molecule has 1 atom stereocenters. The molecule has 0 spiro atoms. The third-order valence-corrected chi connectivity index (χ3v) is 2.93. The van der Waals surface area contributed by atoms with Gasteiger partial charge in [-0.25, -0.2) is 0 Å². The second kappa shape index (κ2) is 7.16. The van der Waals surface area contributed by atoms with Crippen molar-refractivity contribution >= 4 is 5.69 Å². The fraction of sp³-hybridized carbons (Fsp3) is 0.538. The molecular formula is C13H19FN2O3.